The van der Waals surface area contributed by atoms with Crippen molar-refractivity contribution < 1.29 is 4.52 Å². The Bertz CT molecular complexity index is 455. The Morgan fingerprint density at radius 1 is 1.47 bits per heavy atom. The fraction of sp³-hybridized carbons (Fsp3) is 0.200. The van der Waals surface area contributed by atoms with Gasteiger partial charge in [0.05, 0.1) is 6.54 Å². The van der Waals surface area contributed by atoms with Crippen LogP contribution < -0.4 is 5.32 Å². The number of nitrogens with zero attached hydrogens (tertiary/aromatic N) is 2. The Kier molecular flexibility index (Phi) is 3.13. The summed E-state index contributed by atoms with van der Waals surface area (Å²) in [5.74, 6) is 1.20. The highest BCUT2D eigenvalue weighted by atomic mass is 79.9. The van der Waals surface area contributed by atoms with Gasteiger partial charge in [-0.1, -0.05) is 27.2 Å². The van der Waals surface area contributed by atoms with Gasteiger partial charge in [0.15, 0.2) is 5.82 Å². The van der Waals surface area contributed by atoms with Crippen LogP contribution in [0.25, 0.3) is 11.5 Å². The SMILES string of the molecule is CNCc1noc(-c2cccc(Br)c2)n1. The minimum absolute atomic E-state index is 0.543. The summed E-state index contributed by atoms with van der Waals surface area (Å²) in [5.41, 5.74) is 0.916. The minimum Gasteiger partial charge on any atom is -0.334 e. The van der Waals surface area contributed by atoms with Gasteiger partial charge in [0.1, 0.15) is 0 Å². The van der Waals surface area contributed by atoms with Crippen LogP contribution in [0, 0.1) is 0 Å². The molecule has 5 heteroatoms. The molecule has 0 aliphatic rings. The predicted octanol–water partition coefficient (Wildman–Crippen LogP) is 2.22. The Balaban J connectivity index is 2.29. The largest absolute Gasteiger partial charge is 0.334 e. The van der Waals surface area contributed by atoms with Crippen LogP contribution in [0.3, 0.4) is 0 Å². The predicted molar refractivity (Wildman–Crippen MR) is 60.2 cm³/mol. The maximum Gasteiger partial charge on any atom is 0.258 e. The molecule has 1 heterocycles. The van der Waals surface area contributed by atoms with Gasteiger partial charge in [0.2, 0.25) is 0 Å². The third-order valence-corrected chi connectivity index (χ3v) is 2.37. The molecule has 0 aliphatic heterocycles. The molecule has 2 rings (SSSR count). The van der Waals surface area contributed by atoms with E-state index in [1.807, 2.05) is 31.3 Å². The first-order valence-corrected chi connectivity index (χ1v) is 5.32. The molecule has 0 atom stereocenters. The van der Waals surface area contributed by atoms with Crippen molar-refractivity contribution in [1.29, 1.82) is 0 Å². The average molecular weight is 268 g/mol. The van der Waals surface area contributed by atoms with Crippen molar-refractivity contribution in [2.45, 2.75) is 6.54 Å². The zero-order valence-corrected chi connectivity index (χ0v) is 9.78. The molecule has 0 saturated carbocycles. The molecule has 0 amide bonds. The average Bonchev–Trinajstić information content (AvgIpc) is 2.67. The van der Waals surface area contributed by atoms with Crippen LogP contribution in [0.1, 0.15) is 5.82 Å². The zero-order valence-electron chi connectivity index (χ0n) is 8.20. The summed E-state index contributed by atoms with van der Waals surface area (Å²) >= 11 is 3.39. The number of halogens is 1. The number of nitrogens with one attached hydrogen (secondary N) is 1. The van der Waals surface area contributed by atoms with Crippen molar-refractivity contribution in [3.63, 3.8) is 0 Å². The van der Waals surface area contributed by atoms with Crippen LogP contribution in [0.4, 0.5) is 0 Å². The highest BCUT2D eigenvalue weighted by Crippen LogP contribution is 2.21. The fourth-order valence-electron chi connectivity index (χ4n) is 1.22. The van der Waals surface area contributed by atoms with Crippen molar-refractivity contribution in [2.24, 2.45) is 0 Å². The van der Waals surface area contributed by atoms with Crippen LogP contribution in [0.5, 0.6) is 0 Å². The molecule has 0 unspecified atom stereocenters. The summed E-state index contributed by atoms with van der Waals surface area (Å²) < 4.78 is 6.13. The lowest BCUT2D eigenvalue weighted by atomic mass is 10.2. The Morgan fingerprint density at radius 2 is 2.33 bits per heavy atom. The van der Waals surface area contributed by atoms with E-state index in [9.17, 15) is 0 Å². The lowest BCUT2D eigenvalue weighted by Gasteiger charge is -1.93. The molecule has 0 saturated heterocycles. The first-order valence-electron chi connectivity index (χ1n) is 4.52. The van der Waals surface area contributed by atoms with E-state index in [0.29, 0.717) is 18.3 Å². The van der Waals surface area contributed by atoms with Gasteiger partial charge in [0.25, 0.3) is 5.89 Å². The van der Waals surface area contributed by atoms with Crippen LogP contribution in [-0.2, 0) is 6.54 Å². The molecule has 2 aromatic rings. The Hall–Kier alpha value is -1.20. The molecule has 1 aromatic heterocycles. The van der Waals surface area contributed by atoms with E-state index in [0.717, 1.165) is 10.0 Å². The first-order chi connectivity index (χ1) is 7.29. The quantitative estimate of drug-likeness (QED) is 0.927. The number of rotatable bonds is 3. The van der Waals surface area contributed by atoms with Crippen LogP contribution in [0.15, 0.2) is 33.3 Å². The van der Waals surface area contributed by atoms with E-state index in [1.54, 1.807) is 0 Å². The van der Waals surface area contributed by atoms with Crippen molar-refractivity contribution in [2.75, 3.05) is 7.05 Å². The third-order valence-electron chi connectivity index (χ3n) is 1.87. The highest BCUT2D eigenvalue weighted by molar-refractivity contribution is 9.10. The van der Waals surface area contributed by atoms with E-state index in [2.05, 4.69) is 31.4 Å². The van der Waals surface area contributed by atoms with E-state index >= 15 is 0 Å². The van der Waals surface area contributed by atoms with Gasteiger partial charge >= 0.3 is 0 Å². The second-order valence-electron chi connectivity index (χ2n) is 3.06. The smallest absolute Gasteiger partial charge is 0.258 e. The van der Waals surface area contributed by atoms with Crippen LogP contribution in [-0.4, -0.2) is 17.2 Å². The second kappa shape index (κ2) is 4.55. The zero-order chi connectivity index (χ0) is 10.7. The molecule has 1 N–H and O–H groups in total. The molecule has 0 fully saturated rings. The highest BCUT2D eigenvalue weighted by Gasteiger charge is 2.07. The lowest BCUT2D eigenvalue weighted by molar-refractivity contribution is 0.420. The molecule has 1 aromatic carbocycles. The fourth-order valence-corrected chi connectivity index (χ4v) is 1.62. The lowest BCUT2D eigenvalue weighted by Crippen LogP contribution is -2.06. The number of hydrogen-bond acceptors (Lipinski definition) is 4. The molecule has 15 heavy (non-hydrogen) atoms. The number of benzene rings is 1. The van der Waals surface area contributed by atoms with Gasteiger partial charge in [-0.25, -0.2) is 0 Å². The summed E-state index contributed by atoms with van der Waals surface area (Å²) in [6.07, 6.45) is 0. The molecular weight excluding hydrogens is 258 g/mol. The molecule has 0 bridgehead atoms. The van der Waals surface area contributed by atoms with Gasteiger partial charge in [-0.15, -0.1) is 0 Å². The Morgan fingerprint density at radius 3 is 3.07 bits per heavy atom. The van der Waals surface area contributed by atoms with Crippen molar-refractivity contribution in [3.8, 4) is 11.5 Å². The summed E-state index contributed by atoms with van der Waals surface area (Å²) in [7, 11) is 1.84. The van der Waals surface area contributed by atoms with E-state index in [-0.39, 0.29) is 0 Å². The molecule has 78 valence electrons. The van der Waals surface area contributed by atoms with Crippen LogP contribution in [0.2, 0.25) is 0 Å². The summed E-state index contributed by atoms with van der Waals surface area (Å²) in [5, 5.41) is 6.81. The molecular formula is C10H10BrN3O. The van der Waals surface area contributed by atoms with Gasteiger partial charge in [-0.05, 0) is 25.2 Å². The summed E-state index contributed by atoms with van der Waals surface area (Å²) in [6.45, 7) is 0.609. The van der Waals surface area contributed by atoms with Crippen molar-refractivity contribution >= 4 is 15.9 Å². The summed E-state index contributed by atoms with van der Waals surface area (Å²) in [4.78, 5) is 4.25. The Labute approximate surface area is 95.8 Å². The first kappa shape index (κ1) is 10.3. The third kappa shape index (κ3) is 2.43. The molecule has 0 aliphatic carbocycles. The molecule has 0 radical (unpaired) electrons. The van der Waals surface area contributed by atoms with Gasteiger partial charge in [0, 0.05) is 10.0 Å². The standard InChI is InChI=1S/C10H10BrN3O/c1-12-6-9-13-10(15-14-9)7-3-2-4-8(11)5-7/h2-5,12H,6H2,1H3. The molecule has 4 nitrogen and oxygen atoms in total. The number of hydrogen-bond donors (Lipinski definition) is 1. The van der Waals surface area contributed by atoms with E-state index in [1.165, 1.54) is 0 Å². The maximum atomic E-state index is 5.14. The van der Waals surface area contributed by atoms with Gasteiger partial charge < -0.3 is 9.84 Å². The topological polar surface area (TPSA) is 51.0 Å². The minimum atomic E-state index is 0.543. The second-order valence-corrected chi connectivity index (χ2v) is 3.97. The number of aromatic nitrogens is 2. The van der Waals surface area contributed by atoms with Crippen molar-refractivity contribution in [3.05, 3.63) is 34.6 Å². The maximum absolute atomic E-state index is 5.14. The monoisotopic (exact) mass is 267 g/mol. The normalized spacial score (nSPS) is 10.5. The molecule has 0 spiro atoms. The van der Waals surface area contributed by atoms with E-state index in [4.69, 9.17) is 4.52 Å². The van der Waals surface area contributed by atoms with Gasteiger partial charge in [-0.3, -0.25) is 0 Å². The summed E-state index contributed by atoms with van der Waals surface area (Å²) in [6, 6.07) is 7.76. The van der Waals surface area contributed by atoms with Gasteiger partial charge in [-0.2, -0.15) is 4.98 Å². The van der Waals surface area contributed by atoms with E-state index < -0.39 is 0 Å². The van der Waals surface area contributed by atoms with Crippen LogP contribution >= 0.6 is 15.9 Å². The van der Waals surface area contributed by atoms with Crippen molar-refractivity contribution in [1.82, 2.24) is 15.5 Å².